The molecule has 0 bridgehead atoms. The van der Waals surface area contributed by atoms with Gasteiger partial charge in [0.25, 0.3) is 0 Å². The molecule has 0 aromatic heterocycles. The van der Waals surface area contributed by atoms with Crippen LogP contribution in [-0.4, -0.2) is 49.8 Å². The van der Waals surface area contributed by atoms with Crippen LogP contribution in [0.1, 0.15) is 55.4 Å². The zero-order valence-corrected chi connectivity index (χ0v) is 19.3. The minimum absolute atomic E-state index is 0. The monoisotopic (exact) mass is 378 g/mol. The molecule has 0 aromatic carbocycles. The van der Waals surface area contributed by atoms with Crippen LogP contribution in [-0.2, 0) is 29.1 Å². The molecule has 0 aliphatic rings. The standard InChI is InChI=1S/C9H18O6S.C6H14O.Na/c1-5-14-6-15-8(10)7(9(2,3)4)16(11,12)13;1-5-7-6(2,3)4;/h7H,5-6H2,1-4H3,(H,11,12,13);5H2,1-4H3;/q;;+1/p-1. The van der Waals surface area contributed by atoms with E-state index in [1.807, 2.05) is 6.92 Å². The van der Waals surface area contributed by atoms with Crippen LogP contribution in [0.4, 0.5) is 0 Å². The van der Waals surface area contributed by atoms with Gasteiger partial charge in [0.15, 0.2) is 12.0 Å². The van der Waals surface area contributed by atoms with E-state index in [4.69, 9.17) is 9.47 Å². The molecule has 7 nitrogen and oxygen atoms in total. The summed E-state index contributed by atoms with van der Waals surface area (Å²) < 4.78 is 47.4. The summed E-state index contributed by atoms with van der Waals surface area (Å²) in [5.74, 6) is -1.07. The molecule has 0 heterocycles. The third-order valence-corrected chi connectivity index (χ3v) is 3.83. The molecule has 0 aliphatic heterocycles. The van der Waals surface area contributed by atoms with E-state index in [1.165, 1.54) is 20.8 Å². The Labute approximate surface area is 168 Å². The van der Waals surface area contributed by atoms with E-state index in [9.17, 15) is 17.8 Å². The molecule has 0 amide bonds. The van der Waals surface area contributed by atoms with E-state index in [0.717, 1.165) is 6.61 Å². The first-order chi connectivity index (χ1) is 10.2. The first-order valence-electron chi connectivity index (χ1n) is 7.49. The minimum atomic E-state index is -4.74. The molecular weight excluding hydrogens is 347 g/mol. The van der Waals surface area contributed by atoms with Crippen LogP contribution in [0.25, 0.3) is 0 Å². The summed E-state index contributed by atoms with van der Waals surface area (Å²) in [6.45, 7) is 15.1. The molecular formula is C15H31NaO7S. The van der Waals surface area contributed by atoms with E-state index in [1.54, 1.807) is 6.92 Å². The summed E-state index contributed by atoms with van der Waals surface area (Å²) in [6.07, 6.45) is 0. The Morgan fingerprint density at radius 1 is 1.04 bits per heavy atom. The van der Waals surface area contributed by atoms with Crippen LogP contribution in [0.2, 0.25) is 0 Å². The Balaban J connectivity index is -0.000000468. The molecule has 0 N–H and O–H groups in total. The van der Waals surface area contributed by atoms with E-state index >= 15 is 0 Å². The molecule has 0 aromatic rings. The van der Waals surface area contributed by atoms with Gasteiger partial charge in [-0.2, -0.15) is 0 Å². The van der Waals surface area contributed by atoms with Gasteiger partial charge in [-0.15, -0.1) is 0 Å². The van der Waals surface area contributed by atoms with Crippen LogP contribution >= 0.6 is 0 Å². The third-order valence-electron chi connectivity index (χ3n) is 2.36. The van der Waals surface area contributed by atoms with Gasteiger partial charge in [0.2, 0.25) is 0 Å². The van der Waals surface area contributed by atoms with Crippen molar-refractivity contribution in [2.75, 3.05) is 20.0 Å². The van der Waals surface area contributed by atoms with Gasteiger partial charge in [0, 0.05) is 13.2 Å². The van der Waals surface area contributed by atoms with Gasteiger partial charge in [-0.05, 0) is 40.0 Å². The average molecular weight is 378 g/mol. The molecule has 140 valence electrons. The molecule has 0 fully saturated rings. The van der Waals surface area contributed by atoms with Gasteiger partial charge in [-0.3, -0.25) is 4.79 Å². The zero-order valence-electron chi connectivity index (χ0n) is 16.5. The third kappa shape index (κ3) is 15.8. The summed E-state index contributed by atoms with van der Waals surface area (Å²) in [4.78, 5) is 11.4. The Morgan fingerprint density at radius 2 is 1.50 bits per heavy atom. The molecule has 1 atom stereocenters. The topological polar surface area (TPSA) is 102 Å². The van der Waals surface area contributed by atoms with Crippen molar-refractivity contribution in [1.29, 1.82) is 0 Å². The predicted octanol–water partition coefficient (Wildman–Crippen LogP) is -0.691. The molecule has 9 heteroatoms. The van der Waals surface area contributed by atoms with Crippen molar-refractivity contribution in [3.63, 3.8) is 0 Å². The molecule has 0 saturated carbocycles. The van der Waals surface area contributed by atoms with E-state index < -0.39 is 26.8 Å². The van der Waals surface area contributed by atoms with E-state index in [2.05, 4.69) is 25.5 Å². The maximum atomic E-state index is 11.4. The number of esters is 1. The molecule has 0 rings (SSSR count). The van der Waals surface area contributed by atoms with Crippen molar-refractivity contribution >= 4 is 16.1 Å². The molecule has 0 radical (unpaired) electrons. The van der Waals surface area contributed by atoms with Gasteiger partial charge in [0.05, 0.1) is 5.60 Å². The van der Waals surface area contributed by atoms with Gasteiger partial charge in [0.1, 0.15) is 10.1 Å². The van der Waals surface area contributed by atoms with Crippen molar-refractivity contribution in [2.45, 2.75) is 66.2 Å². The summed E-state index contributed by atoms with van der Waals surface area (Å²) in [5, 5.41) is -1.72. The maximum Gasteiger partial charge on any atom is 1.00 e. The SMILES string of the molecule is CCOC(C)(C)C.CCOCOC(=O)C(C(C)(C)C)S(=O)(=O)[O-].[Na+]. The van der Waals surface area contributed by atoms with Gasteiger partial charge < -0.3 is 18.8 Å². The second-order valence-corrected chi connectivity index (χ2v) is 8.32. The van der Waals surface area contributed by atoms with Gasteiger partial charge >= 0.3 is 35.5 Å². The molecule has 1 unspecified atom stereocenters. The second kappa shape index (κ2) is 12.6. The van der Waals surface area contributed by atoms with Crippen molar-refractivity contribution in [3.8, 4) is 0 Å². The van der Waals surface area contributed by atoms with Gasteiger partial charge in [-0.1, -0.05) is 20.8 Å². The number of hydrogen-bond donors (Lipinski definition) is 0. The normalized spacial score (nSPS) is 13.2. The van der Waals surface area contributed by atoms with Crippen molar-refractivity contribution < 1.29 is 61.5 Å². The fraction of sp³-hybridized carbons (Fsp3) is 0.933. The van der Waals surface area contributed by atoms with Crippen molar-refractivity contribution in [1.82, 2.24) is 0 Å². The minimum Gasteiger partial charge on any atom is -0.747 e. The maximum absolute atomic E-state index is 11.4. The fourth-order valence-corrected chi connectivity index (χ4v) is 2.77. The number of carbonyl (C=O) groups excluding carboxylic acids is 1. The summed E-state index contributed by atoms with van der Waals surface area (Å²) in [6, 6.07) is 0. The summed E-state index contributed by atoms with van der Waals surface area (Å²) in [5.41, 5.74) is -0.960. The Morgan fingerprint density at radius 3 is 1.71 bits per heavy atom. The largest absolute Gasteiger partial charge is 1.00 e. The number of hydrogen-bond acceptors (Lipinski definition) is 7. The molecule has 0 saturated heterocycles. The van der Waals surface area contributed by atoms with Crippen molar-refractivity contribution in [3.05, 3.63) is 0 Å². The fourth-order valence-electron chi connectivity index (χ4n) is 1.60. The van der Waals surface area contributed by atoms with Crippen LogP contribution in [0.3, 0.4) is 0 Å². The molecule has 24 heavy (non-hydrogen) atoms. The summed E-state index contributed by atoms with van der Waals surface area (Å²) in [7, 11) is -4.74. The molecule has 0 spiro atoms. The van der Waals surface area contributed by atoms with Crippen LogP contribution < -0.4 is 29.6 Å². The van der Waals surface area contributed by atoms with E-state index in [0.29, 0.717) is 6.61 Å². The summed E-state index contributed by atoms with van der Waals surface area (Å²) >= 11 is 0. The zero-order chi connectivity index (χ0) is 18.9. The Kier molecular flexibility index (Phi) is 15.3. The smallest absolute Gasteiger partial charge is 0.747 e. The second-order valence-electron chi connectivity index (χ2n) is 6.86. The predicted molar refractivity (Wildman–Crippen MR) is 86.9 cm³/mol. The number of carbonyl (C=O) groups is 1. The first-order valence-corrected chi connectivity index (χ1v) is 8.97. The van der Waals surface area contributed by atoms with Crippen molar-refractivity contribution in [2.24, 2.45) is 5.41 Å². The van der Waals surface area contributed by atoms with Crippen LogP contribution in [0.5, 0.6) is 0 Å². The number of rotatable bonds is 6. The van der Waals surface area contributed by atoms with Crippen LogP contribution in [0, 0.1) is 5.41 Å². The first kappa shape index (κ1) is 29.1. The molecule has 0 aliphatic carbocycles. The Bertz CT molecular complexity index is 436. The Hall–Kier alpha value is 0.300. The quantitative estimate of drug-likeness (QED) is 0.198. The van der Waals surface area contributed by atoms with Crippen LogP contribution in [0.15, 0.2) is 0 Å². The number of ether oxygens (including phenoxy) is 3. The van der Waals surface area contributed by atoms with Gasteiger partial charge in [-0.25, -0.2) is 8.42 Å². The van der Waals surface area contributed by atoms with E-state index in [-0.39, 0.29) is 42.0 Å². The average Bonchev–Trinajstić information content (AvgIpc) is 2.24.